The summed E-state index contributed by atoms with van der Waals surface area (Å²) in [6.07, 6.45) is 9.39. The first-order valence-electron chi connectivity index (χ1n) is 10.8. The molecule has 0 bridgehead atoms. The molecule has 1 fully saturated rings. The second kappa shape index (κ2) is 8.15. The van der Waals surface area contributed by atoms with Crippen LogP contribution in [0.5, 0.6) is 5.75 Å². The van der Waals surface area contributed by atoms with Crippen molar-refractivity contribution in [3.63, 3.8) is 0 Å². The van der Waals surface area contributed by atoms with Gasteiger partial charge in [-0.15, -0.1) is 0 Å². The number of aliphatic hydroxyl groups is 1. The van der Waals surface area contributed by atoms with Crippen LogP contribution in [-0.2, 0) is 13.5 Å². The van der Waals surface area contributed by atoms with Gasteiger partial charge in [0.15, 0.2) is 6.73 Å². The van der Waals surface area contributed by atoms with Gasteiger partial charge in [0.1, 0.15) is 5.75 Å². The smallest absolute Gasteiger partial charge is 0.260 e. The van der Waals surface area contributed by atoms with E-state index >= 15 is 0 Å². The Labute approximate surface area is 181 Å². The zero-order valence-electron chi connectivity index (χ0n) is 17.6. The number of aromatic nitrogens is 3. The molecule has 2 aromatic heterocycles. The van der Waals surface area contributed by atoms with Gasteiger partial charge in [0.2, 0.25) is 0 Å². The van der Waals surface area contributed by atoms with E-state index in [1.165, 1.54) is 0 Å². The van der Waals surface area contributed by atoms with E-state index in [1.807, 2.05) is 43.7 Å². The largest absolute Gasteiger partial charge is 0.472 e. The number of aryl methyl sites for hydroxylation is 1. The van der Waals surface area contributed by atoms with Crippen molar-refractivity contribution in [1.82, 2.24) is 19.7 Å². The summed E-state index contributed by atoms with van der Waals surface area (Å²) in [4.78, 5) is 19.4. The molecule has 7 heteroatoms. The van der Waals surface area contributed by atoms with E-state index in [0.29, 0.717) is 17.7 Å². The molecule has 1 saturated carbocycles. The number of amides is 1. The van der Waals surface area contributed by atoms with Crippen molar-refractivity contribution >= 4 is 5.91 Å². The molecule has 2 atom stereocenters. The molecule has 1 aliphatic heterocycles. The molecule has 1 N–H and O–H groups in total. The minimum atomic E-state index is -0.476. The van der Waals surface area contributed by atoms with Gasteiger partial charge in [0.05, 0.1) is 29.6 Å². The maximum absolute atomic E-state index is 13.2. The van der Waals surface area contributed by atoms with Crippen LogP contribution in [0.1, 0.15) is 47.2 Å². The fraction of sp³-hybridized carbons (Fsp3) is 0.375. The van der Waals surface area contributed by atoms with E-state index in [4.69, 9.17) is 4.74 Å². The Kier molecular flexibility index (Phi) is 5.19. The normalized spacial score (nSPS) is 21.0. The average Bonchev–Trinajstić information content (AvgIpc) is 3.22. The van der Waals surface area contributed by atoms with Crippen LogP contribution in [0, 0.1) is 0 Å². The number of carbonyl (C=O) groups excluding carboxylic acids is 1. The van der Waals surface area contributed by atoms with Crippen LogP contribution in [0.25, 0.3) is 11.3 Å². The van der Waals surface area contributed by atoms with Crippen molar-refractivity contribution in [2.45, 2.75) is 44.2 Å². The van der Waals surface area contributed by atoms with Crippen molar-refractivity contribution < 1.29 is 14.6 Å². The van der Waals surface area contributed by atoms with Crippen LogP contribution in [0.4, 0.5) is 0 Å². The quantitative estimate of drug-likeness (QED) is 0.704. The van der Waals surface area contributed by atoms with Gasteiger partial charge in [-0.05, 0) is 48.6 Å². The summed E-state index contributed by atoms with van der Waals surface area (Å²) >= 11 is 0. The fourth-order valence-corrected chi connectivity index (χ4v) is 4.52. The predicted molar refractivity (Wildman–Crippen MR) is 116 cm³/mol. The SMILES string of the molecule is Cn1cc(-c2ccc(Cc3ccc4c(c3)C(=O)N(C3CCCCC3O)CO4)cn2)cn1. The van der Waals surface area contributed by atoms with E-state index in [-0.39, 0.29) is 18.7 Å². The number of benzene rings is 1. The number of pyridine rings is 1. The molecule has 3 aromatic rings. The lowest BCUT2D eigenvalue weighted by molar-refractivity contribution is -0.0124. The molecule has 0 radical (unpaired) electrons. The van der Waals surface area contributed by atoms with E-state index in [2.05, 4.69) is 16.1 Å². The predicted octanol–water partition coefficient (Wildman–Crippen LogP) is 3.17. The molecule has 160 valence electrons. The zero-order chi connectivity index (χ0) is 21.4. The highest BCUT2D eigenvalue weighted by Crippen LogP contribution is 2.31. The molecule has 0 saturated heterocycles. The Bertz CT molecular complexity index is 1090. The first-order valence-corrected chi connectivity index (χ1v) is 10.8. The first-order chi connectivity index (χ1) is 15.1. The molecule has 1 amide bonds. The van der Waals surface area contributed by atoms with Crippen molar-refractivity contribution in [2.24, 2.45) is 7.05 Å². The van der Waals surface area contributed by atoms with E-state index in [0.717, 1.165) is 48.1 Å². The molecule has 1 aromatic carbocycles. The Morgan fingerprint density at radius 3 is 2.71 bits per heavy atom. The number of rotatable bonds is 4. The summed E-state index contributed by atoms with van der Waals surface area (Å²) in [6, 6.07) is 9.65. The summed E-state index contributed by atoms with van der Waals surface area (Å²) < 4.78 is 7.61. The topological polar surface area (TPSA) is 80.5 Å². The molecule has 2 unspecified atom stereocenters. The van der Waals surface area contributed by atoms with Crippen LogP contribution in [0.3, 0.4) is 0 Å². The molecule has 0 spiro atoms. The van der Waals surface area contributed by atoms with Crippen molar-refractivity contribution in [2.75, 3.05) is 6.73 Å². The van der Waals surface area contributed by atoms with Crippen molar-refractivity contribution in [1.29, 1.82) is 0 Å². The Balaban J connectivity index is 1.34. The third-order valence-corrected chi connectivity index (χ3v) is 6.22. The van der Waals surface area contributed by atoms with Gasteiger partial charge in [-0.2, -0.15) is 5.10 Å². The van der Waals surface area contributed by atoms with Gasteiger partial charge < -0.3 is 9.84 Å². The van der Waals surface area contributed by atoms with Crippen LogP contribution in [0.15, 0.2) is 48.9 Å². The number of aliphatic hydroxyl groups excluding tert-OH is 1. The number of nitrogens with zero attached hydrogens (tertiary/aromatic N) is 4. The Hall–Kier alpha value is -3.19. The molecule has 7 nitrogen and oxygen atoms in total. The zero-order valence-corrected chi connectivity index (χ0v) is 17.6. The lowest BCUT2D eigenvalue weighted by Crippen LogP contribution is -2.51. The third-order valence-electron chi connectivity index (χ3n) is 6.22. The lowest BCUT2D eigenvalue weighted by atomic mass is 9.90. The Morgan fingerprint density at radius 2 is 1.97 bits per heavy atom. The maximum atomic E-state index is 13.2. The van der Waals surface area contributed by atoms with Crippen molar-refractivity contribution in [3.8, 4) is 17.0 Å². The van der Waals surface area contributed by atoms with Gasteiger partial charge in [0.25, 0.3) is 5.91 Å². The number of hydrogen-bond acceptors (Lipinski definition) is 5. The van der Waals surface area contributed by atoms with Gasteiger partial charge in [-0.25, -0.2) is 0 Å². The van der Waals surface area contributed by atoms with Crippen LogP contribution < -0.4 is 4.74 Å². The van der Waals surface area contributed by atoms with Gasteiger partial charge in [-0.1, -0.05) is 25.0 Å². The summed E-state index contributed by atoms with van der Waals surface area (Å²) in [6.45, 7) is 0.201. The standard InChI is InChI=1S/C24H26N4O3/c1-27-14-18(13-26-27)20-8-6-17(12-25-20)10-16-7-9-23-19(11-16)24(30)28(15-31-23)21-4-2-3-5-22(21)29/h6-9,11-14,21-22,29H,2-5,10,15H2,1H3. The third kappa shape index (κ3) is 3.93. The lowest BCUT2D eigenvalue weighted by Gasteiger charge is -2.39. The summed E-state index contributed by atoms with van der Waals surface area (Å²) in [7, 11) is 1.88. The second-order valence-corrected chi connectivity index (χ2v) is 8.43. The van der Waals surface area contributed by atoms with E-state index in [1.54, 1.807) is 15.8 Å². The van der Waals surface area contributed by atoms with Crippen molar-refractivity contribution in [3.05, 3.63) is 65.6 Å². The number of ether oxygens (including phenoxy) is 1. The highest BCUT2D eigenvalue weighted by Gasteiger charge is 2.36. The van der Waals surface area contributed by atoms with Crippen LogP contribution >= 0.6 is 0 Å². The monoisotopic (exact) mass is 418 g/mol. The first kappa shape index (κ1) is 19.8. The molecule has 2 aliphatic rings. The molecule has 1 aliphatic carbocycles. The van der Waals surface area contributed by atoms with Crippen LogP contribution in [0.2, 0.25) is 0 Å². The molecule has 3 heterocycles. The van der Waals surface area contributed by atoms with Gasteiger partial charge in [0, 0.05) is 25.0 Å². The second-order valence-electron chi connectivity index (χ2n) is 8.43. The maximum Gasteiger partial charge on any atom is 0.260 e. The summed E-state index contributed by atoms with van der Waals surface area (Å²) in [5, 5.41) is 14.6. The highest BCUT2D eigenvalue weighted by molar-refractivity contribution is 5.98. The van der Waals surface area contributed by atoms with Gasteiger partial charge >= 0.3 is 0 Å². The van der Waals surface area contributed by atoms with E-state index < -0.39 is 6.10 Å². The average molecular weight is 418 g/mol. The number of hydrogen-bond donors (Lipinski definition) is 1. The van der Waals surface area contributed by atoms with Crippen LogP contribution in [-0.4, -0.2) is 49.6 Å². The minimum absolute atomic E-state index is 0.0564. The van der Waals surface area contributed by atoms with Gasteiger partial charge in [-0.3, -0.25) is 19.4 Å². The van der Waals surface area contributed by atoms with E-state index in [9.17, 15) is 9.90 Å². The fourth-order valence-electron chi connectivity index (χ4n) is 4.52. The number of carbonyl (C=O) groups is 1. The minimum Gasteiger partial charge on any atom is -0.472 e. The highest BCUT2D eigenvalue weighted by atomic mass is 16.5. The number of fused-ring (bicyclic) bond motifs is 1. The molecule has 5 rings (SSSR count). The molecular formula is C24H26N4O3. The molecule has 31 heavy (non-hydrogen) atoms. The molecular weight excluding hydrogens is 392 g/mol. The summed E-state index contributed by atoms with van der Waals surface area (Å²) in [5.41, 5.74) is 4.53. The summed E-state index contributed by atoms with van der Waals surface area (Å²) in [5.74, 6) is 0.555. The Morgan fingerprint density at radius 1 is 1.13 bits per heavy atom.